The van der Waals surface area contributed by atoms with Gasteiger partial charge in [0.1, 0.15) is 5.54 Å². The normalized spacial score (nSPS) is 23.0. The number of rotatable bonds is 4. The molecule has 0 aliphatic carbocycles. The molecule has 0 saturated carbocycles. The van der Waals surface area contributed by atoms with Crippen molar-refractivity contribution in [3.05, 3.63) is 226 Å². The average Bonchev–Trinajstić information content (AvgIpc) is 3.97. The largest absolute Gasteiger partial charge is 0.368 e. The van der Waals surface area contributed by atoms with E-state index in [1.807, 2.05) is 0 Å². The SMILES string of the molecule is C1=C/C2=C(\c3ccccc3)C3(c4ccccc4)C=C/C(=C(\c4ccccc4)c4ccc([nH]4)/C=c4/cc/c([nH]4)=C(\c4ccccc4)C1=N2)N3. The molecular formula is C44H32N4. The van der Waals surface area contributed by atoms with Crippen molar-refractivity contribution in [2.75, 3.05) is 0 Å². The zero-order chi connectivity index (χ0) is 31.9. The number of nitrogens with zero attached hydrogens (tertiary/aromatic N) is 1. The third-order valence-electron chi connectivity index (χ3n) is 9.33. The molecule has 9 rings (SSSR count). The van der Waals surface area contributed by atoms with E-state index in [-0.39, 0.29) is 0 Å². The summed E-state index contributed by atoms with van der Waals surface area (Å²) in [5.74, 6) is 0. The van der Waals surface area contributed by atoms with Crippen molar-refractivity contribution >= 4 is 28.5 Å². The quantitative estimate of drug-likeness (QED) is 0.188. The second-order valence-corrected chi connectivity index (χ2v) is 12.3. The summed E-state index contributed by atoms with van der Waals surface area (Å²) < 4.78 is 0. The first-order valence-electron chi connectivity index (χ1n) is 16.3. The smallest absolute Gasteiger partial charge is 0.110 e. The fourth-order valence-corrected chi connectivity index (χ4v) is 7.19. The lowest BCUT2D eigenvalue weighted by molar-refractivity contribution is 0.623. The van der Waals surface area contributed by atoms with Crippen LogP contribution in [0.15, 0.2) is 186 Å². The van der Waals surface area contributed by atoms with Crippen LogP contribution in [-0.4, -0.2) is 15.7 Å². The van der Waals surface area contributed by atoms with Gasteiger partial charge in [0.2, 0.25) is 0 Å². The molecule has 6 aromatic rings. The molecule has 0 fully saturated rings. The van der Waals surface area contributed by atoms with Crippen LogP contribution < -0.4 is 16.0 Å². The molecule has 228 valence electrons. The number of hydrogen-bond acceptors (Lipinski definition) is 2. The summed E-state index contributed by atoms with van der Waals surface area (Å²) in [5.41, 5.74) is 11.9. The monoisotopic (exact) mass is 616 g/mol. The van der Waals surface area contributed by atoms with Crippen LogP contribution in [0.3, 0.4) is 0 Å². The van der Waals surface area contributed by atoms with Crippen LogP contribution in [0.25, 0.3) is 22.8 Å². The van der Waals surface area contributed by atoms with Crippen LogP contribution in [-0.2, 0) is 5.54 Å². The summed E-state index contributed by atoms with van der Waals surface area (Å²) >= 11 is 0. The van der Waals surface area contributed by atoms with Crippen LogP contribution in [0.5, 0.6) is 0 Å². The van der Waals surface area contributed by atoms with Crippen molar-refractivity contribution in [3.63, 3.8) is 0 Å². The number of fused-ring (bicyclic) bond motifs is 7. The number of aromatic nitrogens is 2. The number of benzene rings is 4. The number of nitrogens with one attached hydrogen (secondary N) is 3. The predicted octanol–water partition coefficient (Wildman–Crippen LogP) is 7.62. The van der Waals surface area contributed by atoms with Crippen LogP contribution >= 0.6 is 0 Å². The molecule has 0 saturated heterocycles. The lowest BCUT2D eigenvalue weighted by Crippen LogP contribution is -2.38. The summed E-state index contributed by atoms with van der Waals surface area (Å²) in [6.07, 6.45) is 11.0. The molecule has 1 unspecified atom stereocenters. The minimum Gasteiger partial charge on any atom is -0.368 e. The van der Waals surface area contributed by atoms with E-state index < -0.39 is 5.54 Å². The lowest BCUT2D eigenvalue weighted by atomic mass is 9.78. The maximum Gasteiger partial charge on any atom is 0.110 e. The van der Waals surface area contributed by atoms with Gasteiger partial charge in [0.25, 0.3) is 0 Å². The van der Waals surface area contributed by atoms with Crippen LogP contribution in [0.4, 0.5) is 0 Å². The van der Waals surface area contributed by atoms with E-state index in [4.69, 9.17) is 4.99 Å². The van der Waals surface area contributed by atoms with Gasteiger partial charge in [-0.05, 0) is 76.9 Å². The highest BCUT2D eigenvalue weighted by atomic mass is 15.0. The molecule has 0 radical (unpaired) electrons. The van der Waals surface area contributed by atoms with E-state index in [9.17, 15) is 0 Å². The molecule has 5 heterocycles. The minimum absolute atomic E-state index is 0.707. The van der Waals surface area contributed by atoms with E-state index in [1.165, 1.54) is 0 Å². The van der Waals surface area contributed by atoms with Gasteiger partial charge < -0.3 is 15.3 Å². The van der Waals surface area contributed by atoms with E-state index >= 15 is 0 Å². The summed E-state index contributed by atoms with van der Waals surface area (Å²) in [5, 5.41) is 6.12. The van der Waals surface area contributed by atoms with Crippen molar-refractivity contribution in [2.45, 2.75) is 5.54 Å². The Labute approximate surface area is 279 Å². The Kier molecular flexibility index (Phi) is 6.65. The predicted molar refractivity (Wildman–Crippen MR) is 196 cm³/mol. The van der Waals surface area contributed by atoms with Gasteiger partial charge in [-0.1, -0.05) is 121 Å². The van der Waals surface area contributed by atoms with Gasteiger partial charge in [-0.25, -0.2) is 4.99 Å². The molecule has 3 N–H and O–H groups in total. The third kappa shape index (κ3) is 4.74. The maximum atomic E-state index is 5.47. The summed E-state index contributed by atoms with van der Waals surface area (Å²) in [6.45, 7) is 0. The van der Waals surface area contributed by atoms with Gasteiger partial charge in [-0.3, -0.25) is 0 Å². The first kappa shape index (κ1) is 27.9. The molecule has 8 bridgehead atoms. The van der Waals surface area contributed by atoms with Crippen LogP contribution in [0.2, 0.25) is 0 Å². The molecule has 2 aromatic heterocycles. The number of aromatic amines is 2. The zero-order valence-electron chi connectivity index (χ0n) is 26.2. The Bertz CT molecular complexity index is 2440. The molecule has 0 spiro atoms. The van der Waals surface area contributed by atoms with Crippen molar-refractivity contribution in [1.82, 2.24) is 15.3 Å². The zero-order valence-corrected chi connectivity index (χ0v) is 26.2. The summed E-state index contributed by atoms with van der Waals surface area (Å²) in [7, 11) is 0. The Balaban J connectivity index is 1.41. The fourth-order valence-electron chi connectivity index (χ4n) is 7.19. The number of allylic oxidation sites excluding steroid dienone is 3. The molecule has 3 aliphatic rings. The summed E-state index contributed by atoms with van der Waals surface area (Å²) in [4.78, 5) is 12.9. The second-order valence-electron chi connectivity index (χ2n) is 12.3. The lowest BCUT2D eigenvalue weighted by Gasteiger charge is -2.34. The van der Waals surface area contributed by atoms with Crippen molar-refractivity contribution in [3.8, 4) is 0 Å². The average molecular weight is 617 g/mol. The Hall–Kier alpha value is -6.39. The van der Waals surface area contributed by atoms with Crippen LogP contribution in [0, 0.1) is 0 Å². The Morgan fingerprint density at radius 3 is 1.88 bits per heavy atom. The number of aliphatic imine (C=N–C) groups is 1. The van der Waals surface area contributed by atoms with E-state index in [0.29, 0.717) is 0 Å². The Morgan fingerprint density at radius 1 is 0.521 bits per heavy atom. The number of H-pyrrole nitrogens is 2. The van der Waals surface area contributed by atoms with Crippen molar-refractivity contribution in [2.24, 2.45) is 4.99 Å². The first-order chi connectivity index (χ1) is 23.7. The molecule has 0 amide bonds. The second kappa shape index (κ2) is 11.4. The maximum absolute atomic E-state index is 5.47. The van der Waals surface area contributed by atoms with E-state index in [0.717, 1.165) is 78.2 Å². The minimum atomic E-state index is -0.707. The molecule has 4 aromatic carbocycles. The van der Waals surface area contributed by atoms with Gasteiger partial charge in [0, 0.05) is 44.5 Å². The van der Waals surface area contributed by atoms with Crippen LogP contribution in [0.1, 0.15) is 33.6 Å². The highest BCUT2D eigenvalue weighted by molar-refractivity contribution is 6.30. The fraction of sp³-hybridized carbons (Fsp3) is 0.0227. The molecule has 48 heavy (non-hydrogen) atoms. The number of hydrogen-bond donors (Lipinski definition) is 3. The van der Waals surface area contributed by atoms with Gasteiger partial charge in [0.15, 0.2) is 0 Å². The Morgan fingerprint density at radius 2 is 1.17 bits per heavy atom. The van der Waals surface area contributed by atoms with Gasteiger partial charge in [0.05, 0.1) is 11.4 Å². The first-order valence-corrected chi connectivity index (χ1v) is 16.3. The van der Waals surface area contributed by atoms with Crippen molar-refractivity contribution < 1.29 is 0 Å². The van der Waals surface area contributed by atoms with Gasteiger partial charge >= 0.3 is 0 Å². The van der Waals surface area contributed by atoms with Gasteiger partial charge in [-0.2, -0.15) is 0 Å². The van der Waals surface area contributed by atoms with Gasteiger partial charge in [-0.15, -0.1) is 0 Å². The molecule has 3 aliphatic heterocycles. The molecule has 4 heteroatoms. The molecule has 4 nitrogen and oxygen atoms in total. The standard InChI is InChI=1S/C44H32N4/c1-5-13-30(14-6-1)41-36-23-21-34(45-36)29-35-22-24-37(46-35)42(31-15-7-2-8-16-31)39-27-28-44(48-39,33-19-11-4-12-20-33)43(32-17-9-3-10-18-32)40-26-25-38(41)47-40/h1-29,45-46,48H/b34-29-,41-36-,42-39-,43-40-. The van der Waals surface area contributed by atoms with Crippen molar-refractivity contribution in [1.29, 1.82) is 0 Å². The van der Waals surface area contributed by atoms with E-state index in [1.54, 1.807) is 0 Å². The molecule has 1 atom stereocenters. The topological polar surface area (TPSA) is 56.0 Å². The van der Waals surface area contributed by atoms with E-state index in [2.05, 4.69) is 191 Å². The highest BCUT2D eigenvalue weighted by Crippen LogP contribution is 2.46. The summed E-state index contributed by atoms with van der Waals surface area (Å²) in [6, 6.07) is 51.1. The highest BCUT2D eigenvalue weighted by Gasteiger charge is 2.41. The third-order valence-corrected chi connectivity index (χ3v) is 9.33. The molecular weight excluding hydrogens is 585 g/mol.